The maximum atomic E-state index is 12.3. The Hall–Kier alpha value is -2.53. The SMILES string of the molecule is N/C(=N\O)C(NC(=O)c1ccccc1Cl)c1ccccc1. The molecule has 0 aromatic heterocycles. The highest BCUT2D eigenvalue weighted by Crippen LogP contribution is 2.18. The van der Waals surface area contributed by atoms with Gasteiger partial charge in [0.15, 0.2) is 5.84 Å². The Labute approximate surface area is 127 Å². The first-order chi connectivity index (χ1) is 10.1. The van der Waals surface area contributed by atoms with E-state index in [2.05, 4.69) is 10.5 Å². The fourth-order valence-corrected chi connectivity index (χ4v) is 2.11. The molecule has 5 nitrogen and oxygen atoms in total. The maximum Gasteiger partial charge on any atom is 0.253 e. The minimum atomic E-state index is -0.736. The van der Waals surface area contributed by atoms with Crippen LogP contribution in [-0.4, -0.2) is 17.0 Å². The van der Waals surface area contributed by atoms with Crippen molar-refractivity contribution in [1.29, 1.82) is 0 Å². The molecule has 0 heterocycles. The summed E-state index contributed by atoms with van der Waals surface area (Å²) in [5.41, 5.74) is 6.69. The zero-order chi connectivity index (χ0) is 15.2. The molecule has 1 amide bonds. The van der Waals surface area contributed by atoms with E-state index in [0.29, 0.717) is 16.1 Å². The molecular formula is C15H14ClN3O2. The monoisotopic (exact) mass is 303 g/mol. The van der Waals surface area contributed by atoms with Gasteiger partial charge in [0.2, 0.25) is 0 Å². The molecule has 0 aliphatic heterocycles. The Morgan fingerprint density at radius 3 is 2.38 bits per heavy atom. The zero-order valence-corrected chi connectivity index (χ0v) is 11.8. The molecule has 0 saturated carbocycles. The van der Waals surface area contributed by atoms with Gasteiger partial charge in [-0.25, -0.2) is 0 Å². The summed E-state index contributed by atoms with van der Waals surface area (Å²) in [5.74, 6) is -0.511. The van der Waals surface area contributed by atoms with Crippen molar-refractivity contribution in [2.75, 3.05) is 0 Å². The maximum absolute atomic E-state index is 12.3. The van der Waals surface area contributed by atoms with Crippen LogP contribution in [0.5, 0.6) is 0 Å². The molecule has 0 aliphatic rings. The third-order valence-electron chi connectivity index (χ3n) is 2.94. The van der Waals surface area contributed by atoms with Crippen molar-refractivity contribution in [2.45, 2.75) is 6.04 Å². The lowest BCUT2D eigenvalue weighted by Gasteiger charge is -2.18. The summed E-state index contributed by atoms with van der Waals surface area (Å²) in [6.07, 6.45) is 0. The van der Waals surface area contributed by atoms with E-state index in [1.807, 2.05) is 6.07 Å². The fraction of sp³-hybridized carbons (Fsp3) is 0.0667. The Balaban J connectivity index is 2.28. The average Bonchev–Trinajstić information content (AvgIpc) is 2.53. The van der Waals surface area contributed by atoms with Crippen LogP contribution in [0.1, 0.15) is 22.0 Å². The standard InChI is InChI=1S/C15H14ClN3O2/c16-12-9-5-4-8-11(12)15(20)18-13(14(17)19-21)10-6-2-1-3-7-10/h1-9,13,21H,(H2,17,19)(H,18,20). The molecular weight excluding hydrogens is 290 g/mol. The molecule has 2 rings (SSSR count). The molecule has 4 N–H and O–H groups in total. The van der Waals surface area contributed by atoms with Gasteiger partial charge in [0.05, 0.1) is 10.6 Å². The van der Waals surface area contributed by atoms with Crippen molar-refractivity contribution in [1.82, 2.24) is 5.32 Å². The predicted octanol–water partition coefficient (Wildman–Crippen LogP) is 2.56. The molecule has 108 valence electrons. The first kappa shape index (κ1) is 14.9. The van der Waals surface area contributed by atoms with Gasteiger partial charge in [0.1, 0.15) is 6.04 Å². The van der Waals surface area contributed by atoms with Crippen molar-refractivity contribution < 1.29 is 10.0 Å². The van der Waals surface area contributed by atoms with Crippen LogP contribution in [-0.2, 0) is 0 Å². The highest BCUT2D eigenvalue weighted by atomic mass is 35.5. The van der Waals surface area contributed by atoms with E-state index in [9.17, 15) is 4.79 Å². The lowest BCUT2D eigenvalue weighted by molar-refractivity contribution is 0.0946. The van der Waals surface area contributed by atoms with Crippen LogP contribution in [0.3, 0.4) is 0 Å². The quantitative estimate of drug-likeness (QED) is 0.351. The Kier molecular flexibility index (Phi) is 4.79. The van der Waals surface area contributed by atoms with E-state index < -0.39 is 11.9 Å². The summed E-state index contributed by atoms with van der Waals surface area (Å²) in [4.78, 5) is 12.3. The smallest absolute Gasteiger partial charge is 0.253 e. The summed E-state index contributed by atoms with van der Waals surface area (Å²) in [5, 5.41) is 14.9. The van der Waals surface area contributed by atoms with Crippen molar-refractivity contribution in [3.05, 3.63) is 70.7 Å². The summed E-state index contributed by atoms with van der Waals surface area (Å²) in [6, 6.07) is 14.9. The number of benzene rings is 2. The number of carbonyl (C=O) groups is 1. The summed E-state index contributed by atoms with van der Waals surface area (Å²) in [7, 11) is 0. The topological polar surface area (TPSA) is 87.7 Å². The Morgan fingerprint density at radius 2 is 1.76 bits per heavy atom. The summed E-state index contributed by atoms with van der Waals surface area (Å²) in [6.45, 7) is 0. The van der Waals surface area contributed by atoms with Gasteiger partial charge in [-0.05, 0) is 17.7 Å². The van der Waals surface area contributed by atoms with E-state index in [4.69, 9.17) is 22.5 Å². The van der Waals surface area contributed by atoms with Crippen LogP contribution in [0.2, 0.25) is 5.02 Å². The number of nitrogens with two attached hydrogens (primary N) is 1. The number of hydrogen-bond acceptors (Lipinski definition) is 3. The van der Waals surface area contributed by atoms with E-state index in [1.165, 1.54) is 0 Å². The molecule has 0 radical (unpaired) electrons. The molecule has 2 aromatic carbocycles. The third kappa shape index (κ3) is 3.52. The molecule has 6 heteroatoms. The summed E-state index contributed by atoms with van der Waals surface area (Å²) >= 11 is 5.99. The lowest BCUT2D eigenvalue weighted by atomic mass is 10.1. The first-order valence-electron chi connectivity index (χ1n) is 6.21. The lowest BCUT2D eigenvalue weighted by Crippen LogP contribution is -2.37. The zero-order valence-electron chi connectivity index (χ0n) is 11.0. The van der Waals surface area contributed by atoms with Gasteiger partial charge in [-0.3, -0.25) is 4.79 Å². The number of hydrogen-bond donors (Lipinski definition) is 3. The minimum absolute atomic E-state index is 0.110. The van der Waals surface area contributed by atoms with Crippen molar-refractivity contribution in [3.8, 4) is 0 Å². The van der Waals surface area contributed by atoms with Gasteiger partial charge in [-0.1, -0.05) is 59.2 Å². The van der Waals surface area contributed by atoms with Gasteiger partial charge >= 0.3 is 0 Å². The molecule has 0 bridgehead atoms. The second-order valence-corrected chi connectivity index (χ2v) is 4.73. The number of carbonyl (C=O) groups excluding carboxylic acids is 1. The van der Waals surface area contributed by atoms with Crippen LogP contribution in [0, 0.1) is 0 Å². The average molecular weight is 304 g/mol. The molecule has 0 saturated heterocycles. The molecule has 0 fully saturated rings. The van der Waals surface area contributed by atoms with Gasteiger partial charge < -0.3 is 16.3 Å². The molecule has 1 atom stereocenters. The highest BCUT2D eigenvalue weighted by molar-refractivity contribution is 6.33. The largest absolute Gasteiger partial charge is 0.409 e. The summed E-state index contributed by atoms with van der Waals surface area (Å²) < 4.78 is 0. The Bertz CT molecular complexity index is 659. The van der Waals surface area contributed by atoms with Crippen LogP contribution >= 0.6 is 11.6 Å². The first-order valence-corrected chi connectivity index (χ1v) is 6.59. The fourth-order valence-electron chi connectivity index (χ4n) is 1.89. The molecule has 2 aromatic rings. The van der Waals surface area contributed by atoms with E-state index in [0.717, 1.165) is 0 Å². The van der Waals surface area contributed by atoms with Crippen molar-refractivity contribution in [2.24, 2.45) is 10.9 Å². The minimum Gasteiger partial charge on any atom is -0.409 e. The van der Waals surface area contributed by atoms with E-state index in [-0.39, 0.29) is 5.84 Å². The number of nitrogens with one attached hydrogen (secondary N) is 1. The number of amides is 1. The number of oxime groups is 1. The van der Waals surface area contributed by atoms with Gasteiger partial charge in [-0.2, -0.15) is 0 Å². The second kappa shape index (κ2) is 6.76. The van der Waals surface area contributed by atoms with Gasteiger partial charge in [0.25, 0.3) is 5.91 Å². The number of nitrogens with zero attached hydrogens (tertiary/aromatic N) is 1. The van der Waals surface area contributed by atoms with Gasteiger partial charge in [0, 0.05) is 0 Å². The van der Waals surface area contributed by atoms with Gasteiger partial charge in [-0.15, -0.1) is 0 Å². The second-order valence-electron chi connectivity index (χ2n) is 4.32. The normalized spacial score (nSPS) is 12.7. The van der Waals surface area contributed by atoms with Crippen LogP contribution in [0.15, 0.2) is 59.8 Å². The van der Waals surface area contributed by atoms with Crippen LogP contribution in [0.4, 0.5) is 0 Å². The van der Waals surface area contributed by atoms with E-state index >= 15 is 0 Å². The van der Waals surface area contributed by atoms with Crippen molar-refractivity contribution >= 4 is 23.3 Å². The molecule has 0 spiro atoms. The van der Waals surface area contributed by atoms with Crippen LogP contribution in [0.25, 0.3) is 0 Å². The predicted molar refractivity (Wildman–Crippen MR) is 81.5 cm³/mol. The number of rotatable bonds is 4. The highest BCUT2D eigenvalue weighted by Gasteiger charge is 2.20. The van der Waals surface area contributed by atoms with Crippen LogP contribution < -0.4 is 11.1 Å². The number of amidine groups is 1. The van der Waals surface area contributed by atoms with E-state index in [1.54, 1.807) is 48.5 Å². The molecule has 21 heavy (non-hydrogen) atoms. The third-order valence-corrected chi connectivity index (χ3v) is 3.27. The van der Waals surface area contributed by atoms with Crippen molar-refractivity contribution in [3.63, 3.8) is 0 Å². The Morgan fingerprint density at radius 1 is 1.14 bits per heavy atom. The molecule has 1 unspecified atom stereocenters. The molecule has 0 aliphatic carbocycles. The number of halogens is 1.